The summed E-state index contributed by atoms with van der Waals surface area (Å²) < 4.78 is 18.6. The first-order chi connectivity index (χ1) is 13.3. The lowest BCUT2D eigenvalue weighted by atomic mass is 10.1. The summed E-state index contributed by atoms with van der Waals surface area (Å²) in [6, 6.07) is 9.79. The third-order valence-electron chi connectivity index (χ3n) is 4.47. The van der Waals surface area contributed by atoms with Crippen LogP contribution in [0, 0.1) is 0 Å². The quantitative estimate of drug-likeness (QED) is 0.536. The highest BCUT2D eigenvalue weighted by molar-refractivity contribution is 7.08. The molecule has 8 nitrogen and oxygen atoms in total. The lowest BCUT2D eigenvalue weighted by Crippen LogP contribution is -2.22. The number of fused-ring (bicyclic) bond motifs is 1. The maximum Gasteiger partial charge on any atom is 0.280 e. The van der Waals surface area contributed by atoms with Gasteiger partial charge in [-0.3, -0.25) is 0 Å². The van der Waals surface area contributed by atoms with Gasteiger partial charge in [0.1, 0.15) is 11.9 Å². The Morgan fingerprint density at radius 1 is 1.30 bits per heavy atom. The van der Waals surface area contributed by atoms with E-state index >= 15 is 0 Å². The molecule has 0 spiro atoms. The second-order valence-corrected chi connectivity index (χ2v) is 6.86. The van der Waals surface area contributed by atoms with Gasteiger partial charge in [-0.05, 0) is 29.1 Å². The van der Waals surface area contributed by atoms with Gasteiger partial charge in [-0.1, -0.05) is 22.5 Å². The maximum absolute atomic E-state index is 6.04. The first-order valence-corrected chi connectivity index (χ1v) is 9.30. The molecule has 1 atom stereocenters. The van der Waals surface area contributed by atoms with Gasteiger partial charge < -0.3 is 14.0 Å². The van der Waals surface area contributed by atoms with E-state index in [9.17, 15) is 0 Å². The molecule has 1 aliphatic rings. The Kier molecular flexibility index (Phi) is 3.95. The molecule has 4 heterocycles. The van der Waals surface area contributed by atoms with E-state index in [0.717, 1.165) is 22.6 Å². The molecule has 9 heteroatoms. The van der Waals surface area contributed by atoms with Crippen LogP contribution in [0.4, 0.5) is 0 Å². The summed E-state index contributed by atoms with van der Waals surface area (Å²) in [4.78, 5) is 4.44. The van der Waals surface area contributed by atoms with Crippen LogP contribution in [0.2, 0.25) is 0 Å². The highest BCUT2D eigenvalue weighted by Crippen LogP contribution is 2.32. The number of benzene rings is 1. The van der Waals surface area contributed by atoms with Gasteiger partial charge in [0.15, 0.2) is 5.69 Å². The minimum Gasteiger partial charge on any atom is -0.497 e. The van der Waals surface area contributed by atoms with Crippen molar-refractivity contribution in [2.75, 3.05) is 7.11 Å². The number of ether oxygens (including phenoxy) is 2. The molecule has 1 aromatic carbocycles. The van der Waals surface area contributed by atoms with Gasteiger partial charge in [0, 0.05) is 10.9 Å². The Bertz CT molecular complexity index is 1070. The van der Waals surface area contributed by atoms with Crippen LogP contribution in [0.1, 0.15) is 17.4 Å². The SMILES string of the molecule is COc1cccc([C@H]2Cn3nnc(-c4nc(-c5ccsc5)no4)c3CO2)c1. The van der Waals surface area contributed by atoms with Crippen LogP contribution in [-0.2, 0) is 17.9 Å². The summed E-state index contributed by atoms with van der Waals surface area (Å²) in [6.45, 7) is 0.918. The first kappa shape index (κ1) is 16.2. The summed E-state index contributed by atoms with van der Waals surface area (Å²) >= 11 is 1.58. The van der Waals surface area contributed by atoms with Crippen LogP contribution in [0.25, 0.3) is 23.0 Å². The molecule has 0 bridgehead atoms. The van der Waals surface area contributed by atoms with Crippen LogP contribution in [0.3, 0.4) is 0 Å². The zero-order valence-corrected chi connectivity index (χ0v) is 15.2. The average molecular weight is 381 g/mol. The molecule has 0 fully saturated rings. The van der Waals surface area contributed by atoms with Crippen LogP contribution >= 0.6 is 11.3 Å². The number of rotatable bonds is 4. The van der Waals surface area contributed by atoms with Gasteiger partial charge in [0.25, 0.3) is 5.89 Å². The predicted octanol–water partition coefficient (Wildman–Crippen LogP) is 3.34. The Morgan fingerprint density at radius 3 is 3.11 bits per heavy atom. The van der Waals surface area contributed by atoms with Crippen molar-refractivity contribution < 1.29 is 14.0 Å². The van der Waals surface area contributed by atoms with Crippen molar-refractivity contribution >= 4 is 11.3 Å². The van der Waals surface area contributed by atoms with Gasteiger partial charge in [-0.25, -0.2) is 4.68 Å². The number of thiophene rings is 1. The van der Waals surface area contributed by atoms with Crippen molar-refractivity contribution in [3.05, 3.63) is 52.3 Å². The molecule has 0 aliphatic carbocycles. The Labute approximate surface area is 158 Å². The Balaban J connectivity index is 1.41. The van der Waals surface area contributed by atoms with E-state index in [-0.39, 0.29) is 6.10 Å². The molecule has 0 saturated carbocycles. The van der Waals surface area contributed by atoms with Crippen LogP contribution in [0.5, 0.6) is 5.75 Å². The summed E-state index contributed by atoms with van der Waals surface area (Å²) in [5.74, 6) is 1.69. The average Bonchev–Trinajstić information content (AvgIpc) is 3.46. The Morgan fingerprint density at radius 2 is 2.26 bits per heavy atom. The smallest absolute Gasteiger partial charge is 0.280 e. The van der Waals surface area contributed by atoms with Crippen LogP contribution in [0.15, 0.2) is 45.6 Å². The van der Waals surface area contributed by atoms with Crippen molar-refractivity contribution in [2.45, 2.75) is 19.3 Å². The van der Waals surface area contributed by atoms with Gasteiger partial charge in [0.2, 0.25) is 5.82 Å². The fourth-order valence-electron chi connectivity index (χ4n) is 3.05. The molecule has 136 valence electrons. The van der Waals surface area contributed by atoms with E-state index in [4.69, 9.17) is 14.0 Å². The third-order valence-corrected chi connectivity index (χ3v) is 5.15. The molecular formula is C18H15N5O3S. The molecular weight excluding hydrogens is 366 g/mol. The molecule has 0 radical (unpaired) electrons. The van der Waals surface area contributed by atoms with E-state index in [1.807, 2.05) is 45.8 Å². The fourth-order valence-corrected chi connectivity index (χ4v) is 3.68. The highest BCUT2D eigenvalue weighted by atomic mass is 32.1. The number of aromatic nitrogens is 5. The van der Waals surface area contributed by atoms with Crippen LogP contribution < -0.4 is 4.74 Å². The second kappa shape index (κ2) is 6.60. The zero-order chi connectivity index (χ0) is 18.2. The van der Waals surface area contributed by atoms with E-state index in [2.05, 4.69) is 20.5 Å². The van der Waals surface area contributed by atoms with E-state index in [1.54, 1.807) is 18.4 Å². The van der Waals surface area contributed by atoms with Crippen molar-refractivity contribution in [2.24, 2.45) is 0 Å². The number of nitrogens with zero attached hydrogens (tertiary/aromatic N) is 5. The monoisotopic (exact) mass is 381 g/mol. The standard InChI is InChI=1S/C18H15N5O3S/c1-24-13-4-2-3-11(7-13)15-8-23-14(9-25-15)16(20-22-23)18-19-17(21-26-18)12-5-6-27-10-12/h2-7,10,15H,8-9H2,1H3/t15-/m1/s1. The largest absolute Gasteiger partial charge is 0.497 e. The van der Waals surface area contributed by atoms with Gasteiger partial charge in [-0.2, -0.15) is 16.3 Å². The molecule has 0 unspecified atom stereocenters. The zero-order valence-electron chi connectivity index (χ0n) is 14.4. The third kappa shape index (κ3) is 2.90. The normalized spacial score (nSPS) is 16.3. The fraction of sp³-hybridized carbons (Fsp3) is 0.222. The molecule has 27 heavy (non-hydrogen) atoms. The first-order valence-electron chi connectivity index (χ1n) is 8.36. The second-order valence-electron chi connectivity index (χ2n) is 6.08. The lowest BCUT2D eigenvalue weighted by molar-refractivity contribution is -0.00127. The summed E-state index contributed by atoms with van der Waals surface area (Å²) in [5.41, 5.74) is 3.35. The molecule has 4 aromatic rings. The minimum absolute atomic E-state index is 0.119. The van der Waals surface area contributed by atoms with E-state index in [1.165, 1.54) is 0 Å². The van der Waals surface area contributed by atoms with E-state index in [0.29, 0.717) is 30.6 Å². The van der Waals surface area contributed by atoms with Crippen molar-refractivity contribution in [1.82, 2.24) is 25.1 Å². The number of methoxy groups -OCH3 is 1. The molecule has 0 amide bonds. The molecule has 1 aliphatic heterocycles. The van der Waals surface area contributed by atoms with Gasteiger partial charge >= 0.3 is 0 Å². The Hall–Kier alpha value is -3.04. The van der Waals surface area contributed by atoms with Crippen molar-refractivity contribution in [3.8, 4) is 28.7 Å². The van der Waals surface area contributed by atoms with E-state index < -0.39 is 0 Å². The number of hydrogen-bond acceptors (Lipinski definition) is 8. The van der Waals surface area contributed by atoms with Crippen molar-refractivity contribution in [3.63, 3.8) is 0 Å². The summed E-state index contributed by atoms with van der Waals surface area (Å²) in [7, 11) is 1.65. The minimum atomic E-state index is -0.119. The van der Waals surface area contributed by atoms with Gasteiger partial charge in [0.05, 0.1) is 26.0 Å². The maximum atomic E-state index is 6.04. The summed E-state index contributed by atoms with van der Waals surface area (Å²) in [5, 5.41) is 16.5. The predicted molar refractivity (Wildman–Crippen MR) is 97.2 cm³/mol. The molecule has 0 saturated heterocycles. The molecule has 3 aromatic heterocycles. The summed E-state index contributed by atoms with van der Waals surface area (Å²) in [6.07, 6.45) is -0.119. The van der Waals surface area contributed by atoms with Crippen molar-refractivity contribution in [1.29, 1.82) is 0 Å². The van der Waals surface area contributed by atoms with Crippen LogP contribution in [-0.4, -0.2) is 32.2 Å². The molecule has 5 rings (SSSR count). The highest BCUT2D eigenvalue weighted by Gasteiger charge is 2.28. The van der Waals surface area contributed by atoms with Gasteiger partial charge in [-0.15, -0.1) is 5.10 Å². The lowest BCUT2D eigenvalue weighted by Gasteiger charge is -2.24. The topological polar surface area (TPSA) is 88.1 Å². The molecule has 0 N–H and O–H groups in total. The number of hydrogen-bond donors (Lipinski definition) is 0.